The van der Waals surface area contributed by atoms with E-state index in [0.717, 1.165) is 39.3 Å². The van der Waals surface area contributed by atoms with E-state index in [1.807, 2.05) is 65.5 Å². The molecule has 0 radical (unpaired) electrons. The molecule has 4 heterocycles. The second-order valence-electron chi connectivity index (χ2n) is 11.6. The van der Waals surface area contributed by atoms with Crippen LogP contribution in [-0.4, -0.2) is 68.8 Å². The quantitative estimate of drug-likeness (QED) is 0.420. The minimum atomic E-state index is -0.605. The molecule has 0 bridgehead atoms. The molecule has 9 heteroatoms. The number of ether oxygens (including phenoxy) is 2. The molecule has 2 aliphatic heterocycles. The van der Waals surface area contributed by atoms with Crippen molar-refractivity contribution < 1.29 is 14.3 Å². The van der Waals surface area contributed by atoms with Gasteiger partial charge in [0.15, 0.2) is 5.60 Å². The van der Waals surface area contributed by atoms with Gasteiger partial charge in [-0.1, -0.05) is 23.7 Å². The number of piperazine rings is 1. The van der Waals surface area contributed by atoms with Gasteiger partial charge in [0, 0.05) is 50.0 Å². The second-order valence-corrected chi connectivity index (χ2v) is 12.0. The fourth-order valence-corrected chi connectivity index (χ4v) is 6.14. The van der Waals surface area contributed by atoms with Crippen molar-refractivity contribution >= 4 is 29.3 Å². The number of hydrogen-bond acceptors (Lipinski definition) is 6. The monoisotopic (exact) mass is 547 g/mol. The maximum absolute atomic E-state index is 12.7. The van der Waals surface area contributed by atoms with Gasteiger partial charge in [0.25, 0.3) is 0 Å². The molecular formula is C30H34ClN5O3. The number of halogens is 1. The van der Waals surface area contributed by atoms with Crippen LogP contribution >= 0.6 is 11.6 Å². The van der Waals surface area contributed by atoms with Crippen molar-refractivity contribution in [3.05, 3.63) is 81.7 Å². The smallest absolute Gasteiger partial charge is 0.410 e. The highest BCUT2D eigenvalue weighted by Gasteiger charge is 2.54. The van der Waals surface area contributed by atoms with Gasteiger partial charge in [0.05, 0.1) is 36.1 Å². The first-order chi connectivity index (χ1) is 18.6. The maximum atomic E-state index is 12.7. The van der Waals surface area contributed by atoms with E-state index in [1.54, 1.807) is 4.90 Å². The number of fused-ring (bicyclic) bond motifs is 2. The van der Waals surface area contributed by atoms with Gasteiger partial charge in [-0.2, -0.15) is 0 Å². The van der Waals surface area contributed by atoms with Crippen molar-refractivity contribution in [2.24, 2.45) is 7.05 Å². The Balaban J connectivity index is 1.42. The molecule has 6 rings (SSSR count). The SMILES string of the molecule is Cc1ncn(C)c1C1(C2=Cc3cccnc3[C@@H](N3CCN(C(=O)OC(C)(C)C)CC3)c3ccc(Cl)cc32)CO1. The van der Waals surface area contributed by atoms with E-state index < -0.39 is 11.2 Å². The first kappa shape index (κ1) is 26.0. The molecule has 1 amide bonds. The lowest BCUT2D eigenvalue weighted by Crippen LogP contribution is -2.51. The summed E-state index contributed by atoms with van der Waals surface area (Å²) in [6, 6.07) is 10.1. The largest absolute Gasteiger partial charge is 0.444 e. The number of aryl methyl sites for hydroxylation is 2. The van der Waals surface area contributed by atoms with E-state index in [4.69, 9.17) is 26.1 Å². The van der Waals surface area contributed by atoms with Crippen LogP contribution in [0.15, 0.2) is 42.9 Å². The lowest BCUT2D eigenvalue weighted by atomic mass is 9.85. The summed E-state index contributed by atoms with van der Waals surface area (Å²) >= 11 is 6.63. The highest BCUT2D eigenvalue weighted by Crippen LogP contribution is 2.54. The van der Waals surface area contributed by atoms with Gasteiger partial charge in [0.1, 0.15) is 5.60 Å². The summed E-state index contributed by atoms with van der Waals surface area (Å²) in [4.78, 5) is 26.4. The fraction of sp³-hybridized carbons (Fsp3) is 0.433. The minimum Gasteiger partial charge on any atom is -0.444 e. The fourth-order valence-electron chi connectivity index (χ4n) is 5.97. The summed E-state index contributed by atoms with van der Waals surface area (Å²) in [5, 5.41) is 0.671. The molecule has 1 unspecified atom stereocenters. The zero-order valence-electron chi connectivity index (χ0n) is 23.1. The van der Waals surface area contributed by atoms with Gasteiger partial charge in [0.2, 0.25) is 0 Å². The number of rotatable bonds is 3. The van der Waals surface area contributed by atoms with Crippen LogP contribution in [0.5, 0.6) is 0 Å². The number of hydrogen-bond donors (Lipinski definition) is 0. The molecule has 39 heavy (non-hydrogen) atoms. The Morgan fingerprint density at radius 3 is 2.54 bits per heavy atom. The predicted molar refractivity (Wildman–Crippen MR) is 150 cm³/mol. The zero-order chi connectivity index (χ0) is 27.5. The molecule has 3 aromatic rings. The van der Waals surface area contributed by atoms with Crippen LogP contribution in [0, 0.1) is 6.92 Å². The standard InChI is InChI=1S/C30H34ClN5O3/c1-19-27(34(5)18-33-19)30(17-38-30)24-15-20-7-6-10-32-25(20)26(22-9-8-21(31)16-23(22)24)35-11-13-36(14-12-35)28(37)39-29(2,3)4/h6-10,15-16,18,26H,11-14,17H2,1-5H3/t26-,30?/m0/s1. The molecular weight excluding hydrogens is 514 g/mol. The Morgan fingerprint density at radius 2 is 1.90 bits per heavy atom. The summed E-state index contributed by atoms with van der Waals surface area (Å²) < 4.78 is 14.0. The molecule has 1 aromatic carbocycles. The van der Waals surface area contributed by atoms with Crippen molar-refractivity contribution in [3.63, 3.8) is 0 Å². The number of pyridine rings is 1. The first-order valence-corrected chi connectivity index (χ1v) is 13.8. The van der Waals surface area contributed by atoms with Gasteiger partial charge in [-0.05, 0) is 68.7 Å². The van der Waals surface area contributed by atoms with E-state index >= 15 is 0 Å². The molecule has 2 fully saturated rings. The molecule has 1 aliphatic carbocycles. The third kappa shape index (κ3) is 4.64. The highest BCUT2D eigenvalue weighted by molar-refractivity contribution is 6.30. The predicted octanol–water partition coefficient (Wildman–Crippen LogP) is 5.20. The van der Waals surface area contributed by atoms with E-state index in [2.05, 4.69) is 32.7 Å². The second kappa shape index (κ2) is 9.47. The summed E-state index contributed by atoms with van der Waals surface area (Å²) in [5.74, 6) is 0. The van der Waals surface area contributed by atoms with Crippen molar-refractivity contribution in [3.8, 4) is 0 Å². The Hall–Kier alpha value is -3.20. The Morgan fingerprint density at radius 1 is 1.15 bits per heavy atom. The molecule has 8 nitrogen and oxygen atoms in total. The zero-order valence-corrected chi connectivity index (χ0v) is 23.8. The summed E-state index contributed by atoms with van der Waals surface area (Å²) in [6.07, 6.45) is 5.64. The third-order valence-electron chi connectivity index (χ3n) is 7.73. The number of imidazole rings is 1. The van der Waals surface area contributed by atoms with Crippen LogP contribution in [0.3, 0.4) is 0 Å². The van der Waals surface area contributed by atoms with Crippen LogP contribution in [0.1, 0.15) is 60.6 Å². The van der Waals surface area contributed by atoms with Gasteiger partial charge >= 0.3 is 6.09 Å². The molecule has 3 aliphatic rings. The Bertz CT molecular complexity index is 1440. The van der Waals surface area contributed by atoms with Gasteiger partial charge < -0.3 is 18.9 Å². The van der Waals surface area contributed by atoms with Crippen molar-refractivity contribution in [1.29, 1.82) is 0 Å². The molecule has 2 saturated heterocycles. The minimum absolute atomic E-state index is 0.105. The topological polar surface area (TPSA) is 76.0 Å². The molecule has 2 atom stereocenters. The third-order valence-corrected chi connectivity index (χ3v) is 7.97. The summed E-state index contributed by atoms with van der Waals surface area (Å²) in [5.41, 5.74) is 6.16. The van der Waals surface area contributed by atoms with Crippen molar-refractivity contribution in [2.45, 2.75) is 44.9 Å². The normalized spacial score (nSPS) is 23.0. The number of nitrogens with zero attached hydrogens (tertiary/aromatic N) is 5. The maximum Gasteiger partial charge on any atom is 0.410 e. The summed E-state index contributed by atoms with van der Waals surface area (Å²) in [6.45, 7) is 10.8. The molecule has 0 saturated carbocycles. The number of amides is 1. The number of benzene rings is 1. The van der Waals surface area contributed by atoms with Crippen LogP contribution in [0.25, 0.3) is 11.6 Å². The molecule has 0 spiro atoms. The van der Waals surface area contributed by atoms with Crippen LogP contribution in [-0.2, 0) is 22.1 Å². The Kier molecular flexibility index (Phi) is 6.32. The van der Waals surface area contributed by atoms with E-state index in [9.17, 15) is 4.79 Å². The van der Waals surface area contributed by atoms with E-state index in [1.165, 1.54) is 0 Å². The van der Waals surface area contributed by atoms with Crippen LogP contribution in [0.2, 0.25) is 5.02 Å². The van der Waals surface area contributed by atoms with E-state index in [0.29, 0.717) is 37.8 Å². The first-order valence-electron chi connectivity index (χ1n) is 13.4. The highest BCUT2D eigenvalue weighted by atomic mass is 35.5. The van der Waals surface area contributed by atoms with Gasteiger partial charge in [-0.25, -0.2) is 9.78 Å². The van der Waals surface area contributed by atoms with E-state index in [-0.39, 0.29) is 12.1 Å². The van der Waals surface area contributed by atoms with Gasteiger partial charge in [-0.3, -0.25) is 9.88 Å². The lowest BCUT2D eigenvalue weighted by molar-refractivity contribution is 0.0118. The molecule has 2 aromatic heterocycles. The number of carbonyl (C=O) groups is 1. The van der Waals surface area contributed by atoms with Crippen molar-refractivity contribution in [2.75, 3.05) is 32.8 Å². The lowest BCUT2D eigenvalue weighted by Gasteiger charge is -2.40. The van der Waals surface area contributed by atoms with Crippen LogP contribution in [0.4, 0.5) is 4.79 Å². The molecule has 0 N–H and O–H groups in total. The Labute approximate surface area is 234 Å². The van der Waals surface area contributed by atoms with Crippen LogP contribution < -0.4 is 0 Å². The number of epoxide rings is 1. The number of aromatic nitrogens is 3. The van der Waals surface area contributed by atoms with Gasteiger partial charge in [-0.15, -0.1) is 0 Å². The summed E-state index contributed by atoms with van der Waals surface area (Å²) in [7, 11) is 2.01. The van der Waals surface area contributed by atoms with Crippen molar-refractivity contribution in [1.82, 2.24) is 24.3 Å². The average molecular weight is 548 g/mol. The molecule has 204 valence electrons. The number of carbonyl (C=O) groups excluding carboxylic acids is 1. The average Bonchev–Trinajstić information content (AvgIpc) is 3.62.